The Morgan fingerprint density at radius 1 is 0.917 bits per heavy atom. The lowest BCUT2D eigenvalue weighted by atomic mass is 10.1. The van der Waals surface area contributed by atoms with Gasteiger partial charge >= 0.3 is 0 Å². The summed E-state index contributed by atoms with van der Waals surface area (Å²) < 4.78 is 16.1. The maximum Gasteiger partial charge on any atom is 0.164 e. The highest BCUT2D eigenvalue weighted by atomic mass is 16.5. The van der Waals surface area contributed by atoms with Crippen LogP contribution in [0.1, 0.15) is 5.56 Å². The lowest BCUT2D eigenvalue weighted by Gasteiger charge is -2.11. The van der Waals surface area contributed by atoms with Gasteiger partial charge in [-0.25, -0.2) is 0 Å². The number of rotatable bonds is 5. The maximum absolute atomic E-state index is 5.43. The van der Waals surface area contributed by atoms with Crippen LogP contribution in [0.2, 0.25) is 0 Å². The molecule has 0 aliphatic rings. The Morgan fingerprint density at radius 3 is 2.42 bits per heavy atom. The van der Waals surface area contributed by atoms with Crippen LogP contribution in [0.3, 0.4) is 0 Å². The van der Waals surface area contributed by atoms with Crippen molar-refractivity contribution in [1.82, 2.24) is 4.98 Å². The Bertz CT molecular complexity index is 886. The molecule has 3 aromatic rings. The zero-order valence-corrected chi connectivity index (χ0v) is 13.8. The normalized spacial score (nSPS) is 11.0. The van der Waals surface area contributed by atoms with Gasteiger partial charge in [-0.1, -0.05) is 12.1 Å². The Balaban J connectivity index is 2.05. The number of hydrogen-bond acceptors (Lipinski definition) is 5. The minimum atomic E-state index is 0.614. The largest absolute Gasteiger partial charge is 0.496 e. The molecule has 0 aliphatic carbocycles. The van der Waals surface area contributed by atoms with Crippen molar-refractivity contribution in [2.45, 2.75) is 0 Å². The van der Waals surface area contributed by atoms with Crippen molar-refractivity contribution >= 4 is 22.7 Å². The van der Waals surface area contributed by atoms with Crippen molar-refractivity contribution in [3.05, 3.63) is 54.4 Å². The molecule has 0 spiro atoms. The van der Waals surface area contributed by atoms with Gasteiger partial charge in [0.1, 0.15) is 5.75 Å². The maximum atomic E-state index is 5.43. The van der Waals surface area contributed by atoms with Crippen LogP contribution >= 0.6 is 0 Å². The lowest BCUT2D eigenvalue weighted by Crippen LogP contribution is -1.96. The number of ether oxygens (including phenoxy) is 3. The molecule has 5 heteroatoms. The summed E-state index contributed by atoms with van der Waals surface area (Å²) in [4.78, 5) is 8.75. The van der Waals surface area contributed by atoms with Crippen LogP contribution in [0, 0.1) is 0 Å². The first-order valence-corrected chi connectivity index (χ1v) is 7.43. The van der Waals surface area contributed by atoms with Crippen molar-refractivity contribution in [3.8, 4) is 17.2 Å². The number of aromatic nitrogens is 1. The van der Waals surface area contributed by atoms with Crippen LogP contribution in [-0.2, 0) is 0 Å². The van der Waals surface area contributed by atoms with Crippen molar-refractivity contribution < 1.29 is 14.2 Å². The molecule has 5 nitrogen and oxygen atoms in total. The van der Waals surface area contributed by atoms with Gasteiger partial charge in [-0.3, -0.25) is 9.98 Å². The fourth-order valence-corrected chi connectivity index (χ4v) is 2.51. The van der Waals surface area contributed by atoms with Crippen molar-refractivity contribution in [1.29, 1.82) is 0 Å². The quantitative estimate of drug-likeness (QED) is 0.666. The number of nitrogens with zero attached hydrogens (tertiary/aromatic N) is 2. The van der Waals surface area contributed by atoms with E-state index in [1.165, 1.54) is 0 Å². The van der Waals surface area contributed by atoms with E-state index in [0.717, 1.165) is 22.0 Å². The average molecular weight is 322 g/mol. The highest BCUT2D eigenvalue weighted by Gasteiger charge is 2.10. The molecular weight excluding hydrogens is 304 g/mol. The molecule has 0 N–H and O–H groups in total. The summed E-state index contributed by atoms with van der Waals surface area (Å²) in [6.45, 7) is 0. The molecule has 0 atom stereocenters. The molecule has 0 saturated carbocycles. The van der Waals surface area contributed by atoms with E-state index in [1.807, 2.05) is 36.5 Å². The molecule has 24 heavy (non-hydrogen) atoms. The fraction of sp³-hybridized carbons (Fsp3) is 0.158. The Hall–Kier alpha value is -3.08. The molecule has 1 heterocycles. The van der Waals surface area contributed by atoms with Crippen LogP contribution in [0.15, 0.2) is 53.8 Å². The standard InChI is InChI=1S/C19H18N2O3/c1-22-17-10-19(24-3)18(23-2)9-14(17)12-21-16-6-4-5-13-11-20-8-7-15(13)16/h4-12H,1-3H3. The first-order chi connectivity index (χ1) is 11.8. The molecule has 3 rings (SSSR count). The molecular formula is C19H18N2O3. The molecule has 0 radical (unpaired) electrons. The van der Waals surface area contributed by atoms with Gasteiger partial charge in [0.25, 0.3) is 0 Å². The minimum absolute atomic E-state index is 0.614. The van der Waals surface area contributed by atoms with Gasteiger partial charge in [-0.05, 0) is 18.2 Å². The number of fused-ring (bicyclic) bond motifs is 1. The van der Waals surface area contributed by atoms with Gasteiger partial charge in [0, 0.05) is 41.0 Å². The second-order valence-electron chi connectivity index (χ2n) is 5.08. The highest BCUT2D eigenvalue weighted by molar-refractivity contribution is 5.95. The van der Waals surface area contributed by atoms with Crippen LogP contribution in [-0.4, -0.2) is 32.5 Å². The summed E-state index contributed by atoms with van der Waals surface area (Å²) in [5.41, 5.74) is 1.67. The summed E-state index contributed by atoms with van der Waals surface area (Å²) >= 11 is 0. The highest BCUT2D eigenvalue weighted by Crippen LogP contribution is 2.34. The van der Waals surface area contributed by atoms with Gasteiger partial charge in [-0.15, -0.1) is 0 Å². The average Bonchev–Trinajstić information content (AvgIpc) is 2.65. The predicted molar refractivity (Wildman–Crippen MR) is 95.1 cm³/mol. The minimum Gasteiger partial charge on any atom is -0.496 e. The second-order valence-corrected chi connectivity index (χ2v) is 5.08. The molecule has 0 fully saturated rings. The Labute approximate surface area is 140 Å². The first-order valence-electron chi connectivity index (χ1n) is 7.43. The van der Waals surface area contributed by atoms with E-state index in [0.29, 0.717) is 17.2 Å². The molecule has 0 unspecified atom stereocenters. The van der Waals surface area contributed by atoms with E-state index in [2.05, 4.69) is 9.98 Å². The zero-order chi connectivity index (χ0) is 16.9. The van der Waals surface area contributed by atoms with E-state index < -0.39 is 0 Å². The molecule has 122 valence electrons. The summed E-state index contributed by atoms with van der Waals surface area (Å²) in [5.74, 6) is 1.91. The third kappa shape index (κ3) is 3.01. The van der Waals surface area contributed by atoms with E-state index >= 15 is 0 Å². The van der Waals surface area contributed by atoms with Gasteiger partial charge in [0.05, 0.1) is 27.0 Å². The third-order valence-corrected chi connectivity index (χ3v) is 3.74. The lowest BCUT2D eigenvalue weighted by molar-refractivity contribution is 0.349. The zero-order valence-electron chi connectivity index (χ0n) is 13.8. The molecule has 0 saturated heterocycles. The topological polar surface area (TPSA) is 52.9 Å². The summed E-state index contributed by atoms with van der Waals surface area (Å²) in [7, 11) is 4.81. The van der Waals surface area contributed by atoms with Crippen LogP contribution in [0.5, 0.6) is 17.2 Å². The predicted octanol–water partition coefficient (Wildman–Crippen LogP) is 4.01. The number of methoxy groups -OCH3 is 3. The number of aliphatic imine (C=N–C) groups is 1. The summed E-state index contributed by atoms with van der Waals surface area (Å²) in [6.07, 6.45) is 5.35. The van der Waals surface area contributed by atoms with Gasteiger partial charge in [0.2, 0.25) is 0 Å². The van der Waals surface area contributed by atoms with Crippen molar-refractivity contribution in [2.24, 2.45) is 4.99 Å². The second kappa shape index (κ2) is 7.00. The van der Waals surface area contributed by atoms with E-state index in [1.54, 1.807) is 39.8 Å². The van der Waals surface area contributed by atoms with Crippen LogP contribution in [0.4, 0.5) is 5.69 Å². The van der Waals surface area contributed by atoms with E-state index in [9.17, 15) is 0 Å². The molecule has 2 aromatic carbocycles. The molecule has 0 bridgehead atoms. The number of benzene rings is 2. The first kappa shape index (κ1) is 15.8. The fourth-order valence-electron chi connectivity index (χ4n) is 2.51. The monoisotopic (exact) mass is 322 g/mol. The van der Waals surface area contributed by atoms with E-state index in [4.69, 9.17) is 14.2 Å². The Kier molecular flexibility index (Phi) is 4.61. The van der Waals surface area contributed by atoms with Gasteiger partial charge in [0.15, 0.2) is 11.5 Å². The van der Waals surface area contributed by atoms with Crippen molar-refractivity contribution in [2.75, 3.05) is 21.3 Å². The van der Waals surface area contributed by atoms with Gasteiger partial charge in [-0.2, -0.15) is 0 Å². The van der Waals surface area contributed by atoms with Crippen LogP contribution in [0.25, 0.3) is 10.8 Å². The number of pyridine rings is 1. The molecule has 1 aromatic heterocycles. The van der Waals surface area contributed by atoms with Crippen molar-refractivity contribution in [3.63, 3.8) is 0 Å². The SMILES string of the molecule is COc1cc(OC)c(OC)cc1C=Nc1cccc2cnccc12. The molecule has 0 aliphatic heterocycles. The van der Waals surface area contributed by atoms with Gasteiger partial charge < -0.3 is 14.2 Å². The summed E-state index contributed by atoms with van der Waals surface area (Å²) in [6, 6.07) is 11.5. The Morgan fingerprint density at radius 2 is 1.67 bits per heavy atom. The third-order valence-electron chi connectivity index (χ3n) is 3.74. The number of hydrogen-bond donors (Lipinski definition) is 0. The summed E-state index contributed by atoms with van der Waals surface area (Å²) in [5, 5.41) is 2.09. The van der Waals surface area contributed by atoms with E-state index in [-0.39, 0.29) is 0 Å². The van der Waals surface area contributed by atoms with Crippen LogP contribution < -0.4 is 14.2 Å². The molecule has 0 amide bonds. The smallest absolute Gasteiger partial charge is 0.164 e.